The molecular weight excluding hydrogens is 156 g/mol. The van der Waals surface area contributed by atoms with Crippen molar-refractivity contribution in [3.05, 3.63) is 16.1 Å². The van der Waals surface area contributed by atoms with Gasteiger partial charge in [0.25, 0.3) is 0 Å². The third-order valence-corrected chi connectivity index (χ3v) is 2.65. The molecule has 1 heterocycles. The number of nitrogens with two attached hydrogens (primary N) is 1. The van der Waals surface area contributed by atoms with Crippen molar-refractivity contribution in [2.24, 2.45) is 5.73 Å². The summed E-state index contributed by atoms with van der Waals surface area (Å²) in [5, 5.41) is 0. The van der Waals surface area contributed by atoms with Crippen molar-refractivity contribution in [2.45, 2.75) is 32.7 Å². The molecule has 1 unspecified atom stereocenters. The maximum absolute atomic E-state index is 5.76. The lowest BCUT2D eigenvalue weighted by Crippen LogP contribution is -2.05. The van der Waals surface area contributed by atoms with Crippen LogP contribution in [0.25, 0.3) is 0 Å². The molecule has 2 N–H and O–H groups in total. The van der Waals surface area contributed by atoms with E-state index in [1.807, 2.05) is 12.4 Å². The highest BCUT2D eigenvalue weighted by Gasteiger charge is 2.08. The van der Waals surface area contributed by atoms with Gasteiger partial charge in [0.1, 0.15) is 0 Å². The Morgan fingerprint density at radius 2 is 2.45 bits per heavy atom. The van der Waals surface area contributed by atoms with Gasteiger partial charge in [-0.25, -0.2) is 4.98 Å². The molecule has 62 valence electrons. The van der Waals surface area contributed by atoms with Gasteiger partial charge in [0.2, 0.25) is 0 Å². The molecule has 0 amide bonds. The topological polar surface area (TPSA) is 38.9 Å². The van der Waals surface area contributed by atoms with Crippen molar-refractivity contribution < 1.29 is 0 Å². The van der Waals surface area contributed by atoms with Crippen LogP contribution in [0.15, 0.2) is 5.51 Å². The highest BCUT2D eigenvalue weighted by Crippen LogP contribution is 2.20. The van der Waals surface area contributed by atoms with Gasteiger partial charge in [-0.3, -0.25) is 0 Å². The fraction of sp³-hybridized carbons (Fsp3) is 0.625. The number of rotatable bonds is 3. The molecule has 1 aromatic heterocycles. The largest absolute Gasteiger partial charge is 0.323 e. The van der Waals surface area contributed by atoms with Gasteiger partial charge >= 0.3 is 0 Å². The van der Waals surface area contributed by atoms with Crippen LogP contribution in [-0.4, -0.2) is 4.98 Å². The molecule has 3 heteroatoms. The second-order valence-corrected chi connectivity index (χ2v) is 3.59. The number of thiazole rings is 1. The monoisotopic (exact) mass is 170 g/mol. The third-order valence-electron chi connectivity index (χ3n) is 1.57. The predicted molar refractivity (Wildman–Crippen MR) is 48.7 cm³/mol. The van der Waals surface area contributed by atoms with E-state index in [9.17, 15) is 0 Å². The minimum atomic E-state index is 0.143. The smallest absolute Gasteiger partial charge is 0.0798 e. The second-order valence-electron chi connectivity index (χ2n) is 2.70. The van der Waals surface area contributed by atoms with Gasteiger partial charge in [-0.15, -0.1) is 11.3 Å². The van der Waals surface area contributed by atoms with Crippen LogP contribution in [0.1, 0.15) is 36.9 Å². The summed E-state index contributed by atoms with van der Waals surface area (Å²) < 4.78 is 0. The molecule has 0 aliphatic carbocycles. The minimum Gasteiger partial charge on any atom is -0.323 e. The minimum absolute atomic E-state index is 0.143. The van der Waals surface area contributed by atoms with Crippen molar-refractivity contribution in [2.75, 3.05) is 0 Å². The fourth-order valence-corrected chi connectivity index (χ4v) is 1.87. The molecule has 0 aromatic carbocycles. The maximum atomic E-state index is 5.76. The average molecular weight is 170 g/mol. The van der Waals surface area contributed by atoms with Gasteiger partial charge in [-0.2, -0.15) is 0 Å². The summed E-state index contributed by atoms with van der Waals surface area (Å²) in [5.74, 6) is 0. The zero-order chi connectivity index (χ0) is 8.27. The molecular formula is C8H14N2S. The van der Waals surface area contributed by atoms with Crippen LogP contribution in [0, 0.1) is 0 Å². The molecule has 2 nitrogen and oxygen atoms in total. The number of hydrogen-bond donors (Lipinski definition) is 1. The molecule has 0 fully saturated rings. The highest BCUT2D eigenvalue weighted by atomic mass is 32.1. The van der Waals surface area contributed by atoms with Gasteiger partial charge in [-0.1, -0.05) is 13.3 Å². The molecule has 0 aliphatic rings. The summed E-state index contributed by atoms with van der Waals surface area (Å²) in [5.41, 5.74) is 8.83. The Labute approximate surface area is 71.5 Å². The predicted octanol–water partition coefficient (Wildman–Crippen LogP) is 2.12. The Kier molecular flexibility index (Phi) is 3.02. The van der Waals surface area contributed by atoms with Crippen LogP contribution >= 0.6 is 11.3 Å². The Balaban J connectivity index is 2.78. The van der Waals surface area contributed by atoms with Gasteiger partial charge in [0.05, 0.1) is 11.2 Å². The van der Waals surface area contributed by atoms with Crippen LogP contribution < -0.4 is 5.73 Å². The molecule has 1 aromatic rings. The van der Waals surface area contributed by atoms with Crippen molar-refractivity contribution in [3.63, 3.8) is 0 Å². The van der Waals surface area contributed by atoms with Crippen molar-refractivity contribution in [1.82, 2.24) is 4.98 Å². The molecule has 0 aliphatic heterocycles. The van der Waals surface area contributed by atoms with Crippen molar-refractivity contribution in [3.8, 4) is 0 Å². The Bertz CT molecular complexity index is 218. The standard InChI is InChI=1S/C8H14N2S/c1-3-4-7-8(6(2)9)11-5-10-7/h5-6H,3-4,9H2,1-2H3. The first-order chi connectivity index (χ1) is 5.25. The van der Waals surface area contributed by atoms with Gasteiger partial charge in [0, 0.05) is 10.9 Å². The Morgan fingerprint density at radius 3 is 3.00 bits per heavy atom. The molecule has 1 rings (SSSR count). The van der Waals surface area contributed by atoms with Crippen LogP contribution in [-0.2, 0) is 6.42 Å². The summed E-state index contributed by atoms with van der Waals surface area (Å²) >= 11 is 1.66. The molecule has 11 heavy (non-hydrogen) atoms. The zero-order valence-corrected chi connectivity index (χ0v) is 7.82. The maximum Gasteiger partial charge on any atom is 0.0798 e. The third kappa shape index (κ3) is 2.01. The normalized spacial score (nSPS) is 13.4. The highest BCUT2D eigenvalue weighted by molar-refractivity contribution is 7.09. The van der Waals surface area contributed by atoms with Gasteiger partial charge < -0.3 is 5.73 Å². The second kappa shape index (κ2) is 3.83. The summed E-state index contributed by atoms with van der Waals surface area (Å²) in [7, 11) is 0. The SMILES string of the molecule is CCCc1ncsc1C(C)N. The molecule has 1 atom stereocenters. The van der Waals surface area contributed by atoms with Crippen LogP contribution in [0.4, 0.5) is 0 Å². The Morgan fingerprint density at radius 1 is 1.73 bits per heavy atom. The summed E-state index contributed by atoms with van der Waals surface area (Å²) in [6.45, 7) is 4.16. The number of aryl methyl sites for hydroxylation is 1. The lowest BCUT2D eigenvalue weighted by Gasteiger charge is -2.03. The van der Waals surface area contributed by atoms with E-state index in [0.717, 1.165) is 12.8 Å². The van der Waals surface area contributed by atoms with E-state index < -0.39 is 0 Å². The average Bonchev–Trinajstić information content (AvgIpc) is 2.36. The van der Waals surface area contributed by atoms with E-state index in [1.54, 1.807) is 11.3 Å². The molecule has 0 saturated heterocycles. The van der Waals surface area contributed by atoms with E-state index in [0.29, 0.717) is 0 Å². The summed E-state index contributed by atoms with van der Waals surface area (Å²) in [6.07, 6.45) is 2.20. The van der Waals surface area contributed by atoms with E-state index in [2.05, 4.69) is 11.9 Å². The molecule has 0 saturated carbocycles. The summed E-state index contributed by atoms with van der Waals surface area (Å²) in [6, 6.07) is 0.143. The van der Waals surface area contributed by atoms with E-state index in [4.69, 9.17) is 5.73 Å². The lowest BCUT2D eigenvalue weighted by atomic mass is 10.2. The molecule has 0 radical (unpaired) electrons. The van der Waals surface area contributed by atoms with Gasteiger partial charge in [0.15, 0.2) is 0 Å². The van der Waals surface area contributed by atoms with Crippen molar-refractivity contribution >= 4 is 11.3 Å². The van der Waals surface area contributed by atoms with Crippen LogP contribution in [0.3, 0.4) is 0 Å². The fourth-order valence-electron chi connectivity index (χ4n) is 1.07. The molecule has 0 spiro atoms. The van der Waals surface area contributed by atoms with E-state index in [1.165, 1.54) is 10.6 Å². The molecule has 0 bridgehead atoms. The number of aromatic nitrogens is 1. The number of hydrogen-bond acceptors (Lipinski definition) is 3. The summed E-state index contributed by atoms with van der Waals surface area (Å²) in [4.78, 5) is 5.51. The Hall–Kier alpha value is -0.410. The van der Waals surface area contributed by atoms with E-state index in [-0.39, 0.29) is 6.04 Å². The first-order valence-electron chi connectivity index (χ1n) is 3.93. The quantitative estimate of drug-likeness (QED) is 0.754. The van der Waals surface area contributed by atoms with Crippen LogP contribution in [0.2, 0.25) is 0 Å². The first-order valence-corrected chi connectivity index (χ1v) is 4.81. The number of nitrogens with zero attached hydrogens (tertiary/aromatic N) is 1. The van der Waals surface area contributed by atoms with Crippen molar-refractivity contribution in [1.29, 1.82) is 0 Å². The van der Waals surface area contributed by atoms with Crippen LogP contribution in [0.5, 0.6) is 0 Å². The van der Waals surface area contributed by atoms with E-state index >= 15 is 0 Å². The first kappa shape index (κ1) is 8.68. The lowest BCUT2D eigenvalue weighted by molar-refractivity contribution is 0.793. The van der Waals surface area contributed by atoms with Gasteiger partial charge in [-0.05, 0) is 13.3 Å². The zero-order valence-electron chi connectivity index (χ0n) is 7.00.